The van der Waals surface area contributed by atoms with Crippen LogP contribution in [0, 0.1) is 0 Å². The highest BCUT2D eigenvalue weighted by molar-refractivity contribution is 5.62. The third-order valence-electron chi connectivity index (χ3n) is 3.22. The monoisotopic (exact) mass is 285 g/mol. The molecule has 1 aliphatic heterocycles. The fourth-order valence-corrected chi connectivity index (χ4v) is 2.15. The summed E-state index contributed by atoms with van der Waals surface area (Å²) in [5.41, 5.74) is 0.930. The van der Waals surface area contributed by atoms with E-state index >= 15 is 0 Å². The van der Waals surface area contributed by atoms with Crippen molar-refractivity contribution in [2.24, 2.45) is 0 Å². The van der Waals surface area contributed by atoms with Gasteiger partial charge in [0.05, 0.1) is 13.2 Å². The summed E-state index contributed by atoms with van der Waals surface area (Å²) < 4.78 is 11.3. The number of hydrogen-bond acceptors (Lipinski definition) is 5. The van der Waals surface area contributed by atoms with Crippen LogP contribution in [0.3, 0.4) is 0 Å². The molecule has 0 amide bonds. The SMILES string of the molecule is CCCNc1ccnc(-c2ccc3c(c2)OCCCO3)n1. The molecule has 0 bridgehead atoms. The predicted octanol–water partition coefficient (Wildman–Crippen LogP) is 3.13. The quantitative estimate of drug-likeness (QED) is 0.935. The van der Waals surface area contributed by atoms with Crippen LogP contribution in [-0.4, -0.2) is 29.7 Å². The van der Waals surface area contributed by atoms with Gasteiger partial charge in [0, 0.05) is 24.7 Å². The minimum atomic E-state index is 0.676. The number of benzene rings is 1. The lowest BCUT2D eigenvalue weighted by Gasteiger charge is -2.09. The first kappa shape index (κ1) is 13.7. The van der Waals surface area contributed by atoms with Crippen molar-refractivity contribution in [3.05, 3.63) is 30.5 Å². The standard InChI is InChI=1S/C16H19N3O2/c1-2-7-17-15-6-8-18-16(19-15)12-4-5-13-14(11-12)21-10-3-9-20-13/h4-6,8,11H,2-3,7,9-10H2,1H3,(H,17,18,19). The third kappa shape index (κ3) is 3.24. The Balaban J connectivity index is 1.88. The van der Waals surface area contributed by atoms with E-state index in [-0.39, 0.29) is 0 Å². The number of anilines is 1. The van der Waals surface area contributed by atoms with Gasteiger partial charge < -0.3 is 14.8 Å². The number of hydrogen-bond donors (Lipinski definition) is 1. The molecular formula is C16H19N3O2. The van der Waals surface area contributed by atoms with E-state index in [0.29, 0.717) is 19.0 Å². The molecule has 0 atom stereocenters. The lowest BCUT2D eigenvalue weighted by Crippen LogP contribution is -2.03. The molecule has 21 heavy (non-hydrogen) atoms. The van der Waals surface area contributed by atoms with Gasteiger partial charge in [0.25, 0.3) is 0 Å². The smallest absolute Gasteiger partial charge is 0.161 e. The molecule has 0 unspecified atom stereocenters. The van der Waals surface area contributed by atoms with Gasteiger partial charge in [-0.1, -0.05) is 6.92 Å². The minimum Gasteiger partial charge on any atom is -0.490 e. The Hall–Kier alpha value is -2.30. The van der Waals surface area contributed by atoms with Crippen molar-refractivity contribution < 1.29 is 9.47 Å². The molecule has 2 heterocycles. The Morgan fingerprint density at radius 2 is 2.00 bits per heavy atom. The van der Waals surface area contributed by atoms with E-state index in [9.17, 15) is 0 Å². The molecule has 0 spiro atoms. The van der Waals surface area contributed by atoms with Gasteiger partial charge in [0.15, 0.2) is 17.3 Å². The summed E-state index contributed by atoms with van der Waals surface area (Å²) in [6.07, 6.45) is 3.73. The van der Waals surface area contributed by atoms with Crippen LogP contribution in [0.15, 0.2) is 30.5 Å². The van der Waals surface area contributed by atoms with Gasteiger partial charge in [-0.3, -0.25) is 0 Å². The average Bonchev–Trinajstić information content (AvgIpc) is 2.77. The van der Waals surface area contributed by atoms with Crippen molar-refractivity contribution in [3.8, 4) is 22.9 Å². The zero-order valence-electron chi connectivity index (χ0n) is 12.1. The van der Waals surface area contributed by atoms with Crippen molar-refractivity contribution in [1.29, 1.82) is 0 Å². The molecule has 2 aromatic rings. The molecule has 5 heteroatoms. The molecular weight excluding hydrogens is 266 g/mol. The summed E-state index contributed by atoms with van der Waals surface area (Å²) in [5, 5.41) is 3.27. The molecule has 110 valence electrons. The van der Waals surface area contributed by atoms with Gasteiger partial charge >= 0.3 is 0 Å². The summed E-state index contributed by atoms with van der Waals surface area (Å²) >= 11 is 0. The number of rotatable bonds is 4. The maximum atomic E-state index is 5.71. The minimum absolute atomic E-state index is 0.676. The van der Waals surface area contributed by atoms with Crippen molar-refractivity contribution in [2.75, 3.05) is 25.1 Å². The van der Waals surface area contributed by atoms with Crippen LogP contribution in [0.4, 0.5) is 5.82 Å². The number of aromatic nitrogens is 2. The first-order valence-electron chi connectivity index (χ1n) is 7.34. The lowest BCUT2D eigenvalue weighted by atomic mass is 10.2. The molecule has 1 aromatic carbocycles. The van der Waals surface area contributed by atoms with Gasteiger partial charge in [-0.25, -0.2) is 9.97 Å². The summed E-state index contributed by atoms with van der Waals surface area (Å²) in [7, 11) is 0. The summed E-state index contributed by atoms with van der Waals surface area (Å²) in [6, 6.07) is 7.71. The van der Waals surface area contributed by atoms with Gasteiger partial charge in [-0.05, 0) is 30.7 Å². The predicted molar refractivity (Wildman–Crippen MR) is 81.9 cm³/mol. The van der Waals surface area contributed by atoms with Gasteiger partial charge in [0.1, 0.15) is 5.82 Å². The third-order valence-corrected chi connectivity index (χ3v) is 3.22. The second-order valence-electron chi connectivity index (χ2n) is 4.90. The van der Waals surface area contributed by atoms with Crippen LogP contribution in [0.1, 0.15) is 19.8 Å². The zero-order valence-corrected chi connectivity index (χ0v) is 12.1. The average molecular weight is 285 g/mol. The van der Waals surface area contributed by atoms with Crippen molar-refractivity contribution in [1.82, 2.24) is 9.97 Å². The van der Waals surface area contributed by atoms with E-state index in [1.165, 1.54) is 0 Å². The summed E-state index contributed by atoms with van der Waals surface area (Å²) in [6.45, 7) is 4.39. The van der Waals surface area contributed by atoms with Crippen molar-refractivity contribution in [3.63, 3.8) is 0 Å². The van der Waals surface area contributed by atoms with Crippen LogP contribution < -0.4 is 14.8 Å². The molecule has 0 fully saturated rings. The Morgan fingerprint density at radius 1 is 1.14 bits per heavy atom. The van der Waals surface area contributed by atoms with Crippen LogP contribution in [-0.2, 0) is 0 Å². The first-order chi connectivity index (χ1) is 10.4. The molecule has 1 aliphatic rings. The summed E-state index contributed by atoms with van der Waals surface area (Å²) in [5.74, 6) is 3.08. The molecule has 1 N–H and O–H groups in total. The maximum absolute atomic E-state index is 5.71. The Labute approximate surface area is 124 Å². The van der Waals surface area contributed by atoms with E-state index < -0.39 is 0 Å². The van der Waals surface area contributed by atoms with Gasteiger partial charge in [-0.2, -0.15) is 0 Å². The van der Waals surface area contributed by atoms with Crippen molar-refractivity contribution >= 4 is 5.82 Å². The van der Waals surface area contributed by atoms with Crippen LogP contribution in [0.5, 0.6) is 11.5 Å². The fourth-order valence-electron chi connectivity index (χ4n) is 2.15. The lowest BCUT2D eigenvalue weighted by molar-refractivity contribution is 0.297. The highest BCUT2D eigenvalue weighted by atomic mass is 16.5. The topological polar surface area (TPSA) is 56.3 Å². The molecule has 5 nitrogen and oxygen atoms in total. The zero-order chi connectivity index (χ0) is 14.5. The fraction of sp³-hybridized carbons (Fsp3) is 0.375. The van der Waals surface area contributed by atoms with Gasteiger partial charge in [-0.15, -0.1) is 0 Å². The van der Waals surface area contributed by atoms with Gasteiger partial charge in [0.2, 0.25) is 0 Å². The van der Waals surface area contributed by atoms with E-state index in [4.69, 9.17) is 9.47 Å². The number of nitrogens with zero attached hydrogens (tertiary/aromatic N) is 2. The van der Waals surface area contributed by atoms with Crippen LogP contribution >= 0.6 is 0 Å². The first-order valence-corrected chi connectivity index (χ1v) is 7.34. The Kier molecular flexibility index (Phi) is 4.19. The Bertz CT molecular complexity index is 616. The van der Waals surface area contributed by atoms with E-state index in [2.05, 4.69) is 22.2 Å². The molecule has 0 aliphatic carbocycles. The second kappa shape index (κ2) is 6.43. The normalized spacial score (nSPS) is 13.6. The molecule has 3 rings (SSSR count). The van der Waals surface area contributed by atoms with E-state index in [1.54, 1.807) is 6.20 Å². The Morgan fingerprint density at radius 3 is 2.86 bits per heavy atom. The largest absolute Gasteiger partial charge is 0.490 e. The van der Waals surface area contributed by atoms with Crippen LogP contribution in [0.25, 0.3) is 11.4 Å². The van der Waals surface area contributed by atoms with E-state index in [0.717, 1.165) is 42.3 Å². The second-order valence-corrected chi connectivity index (χ2v) is 4.90. The van der Waals surface area contributed by atoms with E-state index in [1.807, 2.05) is 24.3 Å². The number of fused-ring (bicyclic) bond motifs is 1. The molecule has 0 saturated carbocycles. The molecule has 0 radical (unpaired) electrons. The highest BCUT2D eigenvalue weighted by Gasteiger charge is 2.12. The number of ether oxygens (including phenoxy) is 2. The molecule has 0 saturated heterocycles. The molecule has 1 aromatic heterocycles. The van der Waals surface area contributed by atoms with Crippen LogP contribution in [0.2, 0.25) is 0 Å². The maximum Gasteiger partial charge on any atom is 0.161 e. The number of nitrogens with one attached hydrogen (secondary N) is 1. The van der Waals surface area contributed by atoms with Crippen molar-refractivity contribution in [2.45, 2.75) is 19.8 Å². The highest BCUT2D eigenvalue weighted by Crippen LogP contribution is 2.33. The summed E-state index contributed by atoms with van der Waals surface area (Å²) in [4.78, 5) is 8.88.